The minimum atomic E-state index is -1.87. The van der Waals surface area contributed by atoms with Crippen molar-refractivity contribution in [2.45, 2.75) is 143 Å². The molecule has 0 aromatic carbocycles. The van der Waals surface area contributed by atoms with Crippen LogP contribution in [-0.4, -0.2) is 85.4 Å². The van der Waals surface area contributed by atoms with Crippen molar-refractivity contribution in [2.24, 2.45) is 50.2 Å². The van der Waals surface area contributed by atoms with Crippen LogP contribution < -0.4 is 0 Å². The highest BCUT2D eigenvalue weighted by Crippen LogP contribution is 2.76. The number of aliphatic hydroxyl groups excluding tert-OH is 3. The number of ether oxygens (including phenoxy) is 2. The Morgan fingerprint density at radius 2 is 1.45 bits per heavy atom. The third kappa shape index (κ3) is 4.65. The zero-order chi connectivity index (χ0) is 34.7. The van der Waals surface area contributed by atoms with Crippen LogP contribution in [0.5, 0.6) is 0 Å². The molecule has 6 aliphatic rings. The van der Waals surface area contributed by atoms with E-state index >= 15 is 0 Å². The fourth-order valence-electron chi connectivity index (χ4n) is 12.1. The number of aliphatic hydroxyl groups is 3. The maximum absolute atomic E-state index is 13.3. The van der Waals surface area contributed by atoms with Crippen molar-refractivity contribution < 1.29 is 54.5 Å². The number of aliphatic carboxylic acids is 3. The normalized spacial score (nSPS) is 52.1. The summed E-state index contributed by atoms with van der Waals surface area (Å²) in [6.45, 7) is 13.1. The number of carbonyl (C=O) groups is 3. The summed E-state index contributed by atoms with van der Waals surface area (Å²) in [5.74, 6) is -3.45. The summed E-state index contributed by atoms with van der Waals surface area (Å²) in [5.41, 5.74) is -1.60. The lowest BCUT2D eigenvalue weighted by molar-refractivity contribution is -0.323. The lowest BCUT2D eigenvalue weighted by atomic mass is 9.33. The van der Waals surface area contributed by atoms with Crippen LogP contribution in [0.15, 0.2) is 11.6 Å². The molecule has 11 nitrogen and oxygen atoms in total. The van der Waals surface area contributed by atoms with Gasteiger partial charge in [0.05, 0.1) is 16.9 Å². The first-order chi connectivity index (χ1) is 21.7. The van der Waals surface area contributed by atoms with Gasteiger partial charge in [0, 0.05) is 0 Å². The van der Waals surface area contributed by atoms with Crippen LogP contribution in [0.3, 0.4) is 0 Å². The van der Waals surface area contributed by atoms with Gasteiger partial charge in [-0.3, -0.25) is 9.59 Å². The minimum Gasteiger partial charge on any atom is -0.481 e. The lowest BCUT2D eigenvalue weighted by Gasteiger charge is -2.71. The predicted octanol–water partition coefficient (Wildman–Crippen LogP) is 4.21. The van der Waals surface area contributed by atoms with Gasteiger partial charge in [0.25, 0.3) is 0 Å². The van der Waals surface area contributed by atoms with E-state index in [4.69, 9.17) is 9.47 Å². The molecule has 1 heterocycles. The van der Waals surface area contributed by atoms with Crippen molar-refractivity contribution in [3.8, 4) is 0 Å². The topological polar surface area (TPSA) is 191 Å². The highest BCUT2D eigenvalue weighted by molar-refractivity contribution is 5.77. The van der Waals surface area contributed by atoms with Crippen LogP contribution in [-0.2, 0) is 23.9 Å². The Hall–Kier alpha value is -2.05. The molecule has 0 amide bonds. The van der Waals surface area contributed by atoms with Crippen molar-refractivity contribution in [1.82, 2.24) is 0 Å². The number of carboxylic acid groups (broad SMARTS) is 3. The Balaban J connectivity index is 1.34. The van der Waals surface area contributed by atoms with Crippen LogP contribution in [0.4, 0.5) is 0 Å². The molecule has 0 aromatic rings. The van der Waals surface area contributed by atoms with Gasteiger partial charge in [-0.25, -0.2) is 4.79 Å². The fraction of sp³-hybridized carbons (Fsp3) is 0.861. The molecule has 11 heteroatoms. The van der Waals surface area contributed by atoms with E-state index in [9.17, 15) is 45.0 Å². The Morgan fingerprint density at radius 3 is 2.06 bits per heavy atom. The number of rotatable bonds is 5. The van der Waals surface area contributed by atoms with Gasteiger partial charge >= 0.3 is 17.9 Å². The molecule has 14 atom stereocenters. The Bertz CT molecular complexity index is 1360. The van der Waals surface area contributed by atoms with E-state index < -0.39 is 71.0 Å². The van der Waals surface area contributed by atoms with E-state index in [2.05, 4.69) is 40.7 Å². The average molecular weight is 663 g/mol. The molecule has 0 bridgehead atoms. The van der Waals surface area contributed by atoms with Crippen LogP contribution in [0.1, 0.15) is 106 Å². The average Bonchev–Trinajstić information content (AvgIpc) is 2.98. The van der Waals surface area contributed by atoms with Crippen molar-refractivity contribution in [3.05, 3.63) is 11.6 Å². The van der Waals surface area contributed by atoms with Gasteiger partial charge in [0.15, 0.2) is 12.4 Å². The van der Waals surface area contributed by atoms with E-state index in [1.807, 2.05) is 0 Å². The van der Waals surface area contributed by atoms with Crippen LogP contribution >= 0.6 is 0 Å². The van der Waals surface area contributed by atoms with Crippen LogP contribution in [0.2, 0.25) is 0 Å². The summed E-state index contributed by atoms with van der Waals surface area (Å²) in [4.78, 5) is 38.0. The predicted molar refractivity (Wildman–Crippen MR) is 168 cm³/mol. The molecule has 1 aliphatic heterocycles. The van der Waals surface area contributed by atoms with Gasteiger partial charge in [0.2, 0.25) is 0 Å². The SMILES string of the molecule is CC1(C)CC[C@]2(C(=O)O)CC[C@]3(C)C(=CC[C@@H]4[C@@]5(C)CC[C@H](O[C@@H]6O[C@H](C(=O)O)[C@@H](O)[C@H](O)[C@H]6O)[C@@](C)(C(=O)O)[C@H]5CC[C@]43C)[C@@H]2C1. The number of hydrogen-bond acceptors (Lipinski definition) is 8. The Labute approximate surface area is 276 Å². The summed E-state index contributed by atoms with van der Waals surface area (Å²) in [7, 11) is 0. The Kier molecular flexibility index (Phi) is 8.13. The zero-order valence-corrected chi connectivity index (χ0v) is 28.6. The maximum atomic E-state index is 13.3. The smallest absolute Gasteiger partial charge is 0.335 e. The molecule has 47 heavy (non-hydrogen) atoms. The lowest BCUT2D eigenvalue weighted by Crippen LogP contribution is -2.67. The molecule has 0 radical (unpaired) electrons. The summed E-state index contributed by atoms with van der Waals surface area (Å²) in [6, 6.07) is 0. The summed E-state index contributed by atoms with van der Waals surface area (Å²) in [5, 5.41) is 62.2. The number of fused-ring (bicyclic) bond motifs is 7. The third-order valence-electron chi connectivity index (χ3n) is 15.2. The first-order valence-electron chi connectivity index (χ1n) is 17.4. The zero-order valence-electron chi connectivity index (χ0n) is 28.6. The highest BCUT2D eigenvalue weighted by atomic mass is 16.7. The monoisotopic (exact) mass is 662 g/mol. The quantitative estimate of drug-likeness (QED) is 0.183. The molecule has 5 aliphatic carbocycles. The molecule has 0 unspecified atom stereocenters. The van der Waals surface area contributed by atoms with Gasteiger partial charge in [0.1, 0.15) is 18.3 Å². The first-order valence-corrected chi connectivity index (χ1v) is 17.4. The molecule has 6 rings (SSSR count). The van der Waals surface area contributed by atoms with Crippen molar-refractivity contribution >= 4 is 17.9 Å². The molecule has 5 fully saturated rings. The van der Waals surface area contributed by atoms with E-state index in [0.717, 1.165) is 32.1 Å². The fourth-order valence-corrected chi connectivity index (χ4v) is 12.1. The summed E-state index contributed by atoms with van der Waals surface area (Å²) < 4.78 is 11.6. The molecule has 264 valence electrons. The van der Waals surface area contributed by atoms with E-state index in [1.165, 1.54) is 5.57 Å². The van der Waals surface area contributed by atoms with Crippen molar-refractivity contribution in [1.29, 1.82) is 0 Å². The molecule has 1 saturated heterocycles. The molecule has 0 aromatic heterocycles. The van der Waals surface area contributed by atoms with Crippen molar-refractivity contribution in [2.75, 3.05) is 0 Å². The Morgan fingerprint density at radius 1 is 0.787 bits per heavy atom. The number of allylic oxidation sites excluding steroid dienone is 2. The second-order valence-corrected chi connectivity index (χ2v) is 17.7. The van der Waals surface area contributed by atoms with Gasteiger partial charge in [-0.1, -0.05) is 46.3 Å². The standard InChI is InChI=1S/C36H54O11/c1-31(2)13-15-36(30(44)45)16-14-33(4)18(19(36)17-31)7-8-20-32(3)11-10-22(35(6,29(42)43)21(32)9-12-34(20,33)5)46-28-25(39)23(37)24(38)26(47-28)27(40)41/h7,19-26,28,37-39H,8-17H2,1-6H3,(H,40,41)(H,42,43)(H,44,45)/t19-,20+,21-,22-,23-,24-,25+,26-,28+,32+,33+,34+,35-,36-/m0/s1. The van der Waals surface area contributed by atoms with E-state index in [0.29, 0.717) is 32.1 Å². The second-order valence-electron chi connectivity index (χ2n) is 17.7. The minimum absolute atomic E-state index is 0.0235. The molecular formula is C36H54O11. The highest BCUT2D eigenvalue weighted by Gasteiger charge is 2.71. The second kappa shape index (κ2) is 11.0. The van der Waals surface area contributed by atoms with Gasteiger partial charge in [-0.2, -0.15) is 0 Å². The number of hydrogen-bond donors (Lipinski definition) is 6. The van der Waals surface area contributed by atoms with Crippen LogP contribution in [0.25, 0.3) is 0 Å². The maximum Gasteiger partial charge on any atom is 0.335 e. The van der Waals surface area contributed by atoms with E-state index in [-0.39, 0.29) is 34.0 Å². The van der Waals surface area contributed by atoms with Crippen molar-refractivity contribution in [3.63, 3.8) is 0 Å². The molecule has 6 N–H and O–H groups in total. The molecule has 0 spiro atoms. The largest absolute Gasteiger partial charge is 0.481 e. The van der Waals surface area contributed by atoms with Gasteiger partial charge in [-0.05, 0) is 111 Å². The number of carboxylic acids is 3. The van der Waals surface area contributed by atoms with Gasteiger partial charge < -0.3 is 40.1 Å². The summed E-state index contributed by atoms with van der Waals surface area (Å²) >= 11 is 0. The molecule has 4 saturated carbocycles. The van der Waals surface area contributed by atoms with Gasteiger partial charge in [-0.15, -0.1) is 0 Å². The summed E-state index contributed by atoms with van der Waals surface area (Å²) in [6.07, 6.45) is -0.609. The third-order valence-corrected chi connectivity index (χ3v) is 15.2. The molecular weight excluding hydrogens is 608 g/mol. The first kappa shape index (κ1) is 34.8. The van der Waals surface area contributed by atoms with Crippen LogP contribution in [0, 0.1) is 50.2 Å². The van der Waals surface area contributed by atoms with E-state index in [1.54, 1.807) is 6.92 Å².